The predicted molar refractivity (Wildman–Crippen MR) is 45.4 cm³/mol. The van der Waals surface area contributed by atoms with Crippen LogP contribution >= 0.6 is 0 Å². The lowest BCUT2D eigenvalue weighted by atomic mass is 10.4. The lowest BCUT2D eigenvalue weighted by Crippen LogP contribution is -2.14. The van der Waals surface area contributed by atoms with E-state index in [4.69, 9.17) is 19.7 Å². The topological polar surface area (TPSA) is 93.9 Å². The van der Waals surface area contributed by atoms with Gasteiger partial charge in [-0.1, -0.05) is 0 Å². The molecule has 0 saturated heterocycles. The Balaban J connectivity index is 0. The maximum Gasteiger partial charge on any atom is 0.0745 e. The van der Waals surface area contributed by atoms with Gasteiger partial charge < -0.3 is 25.8 Å². The summed E-state index contributed by atoms with van der Waals surface area (Å²) in [6, 6.07) is 0. The van der Waals surface area contributed by atoms with Crippen molar-refractivity contribution in [1.29, 1.82) is 0 Å². The Hall–Kier alpha value is -0.200. The molecule has 5 nitrogen and oxygen atoms in total. The smallest absolute Gasteiger partial charge is 0.0745 e. The first-order chi connectivity index (χ1) is 5.27. The molecule has 0 saturated carbocycles. The van der Waals surface area contributed by atoms with E-state index in [9.17, 15) is 0 Å². The third-order valence-electron chi connectivity index (χ3n) is 0.967. The molecule has 0 bridgehead atoms. The highest BCUT2D eigenvalue weighted by Gasteiger charge is 1.94. The van der Waals surface area contributed by atoms with Gasteiger partial charge in [-0.15, -0.1) is 0 Å². The molecule has 1 atom stereocenters. The van der Waals surface area contributed by atoms with Crippen LogP contribution in [0.5, 0.6) is 0 Å². The Morgan fingerprint density at radius 2 is 1.75 bits per heavy atom. The van der Waals surface area contributed by atoms with Gasteiger partial charge in [-0.3, -0.25) is 0 Å². The van der Waals surface area contributed by atoms with Crippen LogP contribution in [0.3, 0.4) is 0 Å². The average molecular weight is 181 g/mol. The Labute approximate surface area is 72.9 Å². The van der Waals surface area contributed by atoms with Gasteiger partial charge in [0.05, 0.1) is 39.1 Å². The lowest BCUT2D eigenvalue weighted by Gasteiger charge is -2.05. The molecule has 0 aromatic rings. The fraction of sp³-hybridized carbons (Fsp3) is 1.00. The van der Waals surface area contributed by atoms with Gasteiger partial charge in [0.1, 0.15) is 0 Å². The summed E-state index contributed by atoms with van der Waals surface area (Å²) in [7, 11) is 0. The normalized spacial score (nSPS) is 12.2. The summed E-state index contributed by atoms with van der Waals surface area (Å²) >= 11 is 0. The molecule has 12 heavy (non-hydrogen) atoms. The zero-order valence-corrected chi connectivity index (χ0v) is 7.53. The third-order valence-corrected chi connectivity index (χ3v) is 0.967. The zero-order valence-electron chi connectivity index (χ0n) is 7.53. The van der Waals surface area contributed by atoms with E-state index in [1.807, 2.05) is 0 Å². The molecule has 0 heterocycles. The lowest BCUT2D eigenvalue weighted by molar-refractivity contribution is 0.00292. The van der Waals surface area contributed by atoms with Crippen LogP contribution in [0, 0.1) is 0 Å². The summed E-state index contributed by atoms with van der Waals surface area (Å²) < 4.78 is 9.89. The molecule has 0 aliphatic rings. The number of hydrogen-bond donors (Lipinski definition) is 3. The van der Waals surface area contributed by atoms with Gasteiger partial charge in [0, 0.05) is 0 Å². The van der Waals surface area contributed by atoms with E-state index in [-0.39, 0.29) is 12.8 Å². The number of hydrogen-bond acceptors (Lipinski definition) is 5. The van der Waals surface area contributed by atoms with Crippen molar-refractivity contribution in [3.63, 3.8) is 0 Å². The van der Waals surface area contributed by atoms with E-state index < -0.39 is 6.10 Å². The van der Waals surface area contributed by atoms with Gasteiger partial charge in [-0.2, -0.15) is 0 Å². The second kappa shape index (κ2) is 10.8. The molecule has 0 radical (unpaired) electrons. The van der Waals surface area contributed by atoms with E-state index in [2.05, 4.69) is 0 Å². The molecule has 0 rings (SSSR count). The summed E-state index contributed by atoms with van der Waals surface area (Å²) in [5.41, 5.74) is 0. The number of ether oxygens (including phenoxy) is 2. The second-order valence-corrected chi connectivity index (χ2v) is 2.26. The Morgan fingerprint density at radius 3 is 2.25 bits per heavy atom. The van der Waals surface area contributed by atoms with Crippen molar-refractivity contribution in [3.8, 4) is 0 Å². The highest BCUT2D eigenvalue weighted by Crippen LogP contribution is 1.83. The van der Waals surface area contributed by atoms with Crippen molar-refractivity contribution in [1.82, 2.24) is 6.15 Å². The Kier molecular flexibility index (Phi) is 12.9. The summed E-state index contributed by atoms with van der Waals surface area (Å²) in [6.45, 7) is 3.31. The van der Waals surface area contributed by atoms with Crippen LogP contribution in [0.4, 0.5) is 0 Å². The number of rotatable bonds is 7. The van der Waals surface area contributed by atoms with Gasteiger partial charge in [0.15, 0.2) is 0 Å². The quantitative estimate of drug-likeness (QED) is 0.463. The third kappa shape index (κ3) is 12.5. The zero-order chi connectivity index (χ0) is 8.53. The minimum atomic E-state index is -0.423. The molecule has 1 unspecified atom stereocenters. The van der Waals surface area contributed by atoms with E-state index >= 15 is 0 Å². The minimum Gasteiger partial charge on any atom is -0.394 e. The summed E-state index contributed by atoms with van der Waals surface area (Å²) in [4.78, 5) is 0. The van der Waals surface area contributed by atoms with Gasteiger partial charge in [-0.25, -0.2) is 0 Å². The van der Waals surface area contributed by atoms with Gasteiger partial charge in [-0.05, 0) is 6.92 Å². The fourth-order valence-electron chi connectivity index (χ4n) is 0.538. The van der Waals surface area contributed by atoms with Crippen molar-refractivity contribution in [2.45, 2.75) is 13.0 Å². The maximum absolute atomic E-state index is 8.75. The van der Waals surface area contributed by atoms with Crippen LogP contribution in [-0.4, -0.2) is 49.4 Å². The molecule has 0 aliphatic carbocycles. The van der Waals surface area contributed by atoms with Crippen molar-refractivity contribution < 1.29 is 19.7 Å². The van der Waals surface area contributed by atoms with Crippen LogP contribution in [0.2, 0.25) is 0 Å². The SMILES string of the molecule is CC(O)COCCOCCO.N. The van der Waals surface area contributed by atoms with E-state index in [1.54, 1.807) is 6.92 Å². The van der Waals surface area contributed by atoms with Crippen LogP contribution in [-0.2, 0) is 9.47 Å². The van der Waals surface area contributed by atoms with Crippen molar-refractivity contribution in [2.75, 3.05) is 33.0 Å². The molecule has 5 heteroatoms. The first-order valence-electron chi connectivity index (χ1n) is 3.71. The maximum atomic E-state index is 8.75. The second-order valence-electron chi connectivity index (χ2n) is 2.26. The molecule has 0 spiro atoms. The molecule has 0 aromatic carbocycles. The molecule has 0 fully saturated rings. The minimum absolute atomic E-state index is 0. The fourth-order valence-corrected chi connectivity index (χ4v) is 0.538. The summed E-state index contributed by atoms with van der Waals surface area (Å²) in [5, 5.41) is 17.1. The average Bonchev–Trinajstić information content (AvgIpc) is 1.96. The van der Waals surface area contributed by atoms with Crippen LogP contribution in [0.15, 0.2) is 0 Å². The summed E-state index contributed by atoms with van der Waals surface area (Å²) in [5.74, 6) is 0. The standard InChI is InChI=1S/C7H16O4.H3N/c1-7(9)6-11-5-4-10-3-2-8;/h7-9H,2-6H2,1H3;1H3. The Morgan fingerprint density at radius 1 is 1.17 bits per heavy atom. The first-order valence-corrected chi connectivity index (χ1v) is 3.71. The van der Waals surface area contributed by atoms with Gasteiger partial charge in [0.25, 0.3) is 0 Å². The van der Waals surface area contributed by atoms with E-state index in [0.29, 0.717) is 26.4 Å². The van der Waals surface area contributed by atoms with E-state index in [1.165, 1.54) is 0 Å². The van der Waals surface area contributed by atoms with Crippen LogP contribution in [0.1, 0.15) is 6.92 Å². The monoisotopic (exact) mass is 181 g/mol. The highest BCUT2D eigenvalue weighted by atomic mass is 16.5. The van der Waals surface area contributed by atoms with Crippen molar-refractivity contribution >= 4 is 0 Å². The molecule has 76 valence electrons. The van der Waals surface area contributed by atoms with Gasteiger partial charge in [0.2, 0.25) is 0 Å². The van der Waals surface area contributed by atoms with Crippen LogP contribution < -0.4 is 6.15 Å². The van der Waals surface area contributed by atoms with Crippen LogP contribution in [0.25, 0.3) is 0 Å². The predicted octanol–water partition coefficient (Wildman–Crippen LogP) is -0.445. The summed E-state index contributed by atoms with van der Waals surface area (Å²) in [6.07, 6.45) is -0.423. The van der Waals surface area contributed by atoms with Gasteiger partial charge >= 0.3 is 0 Å². The Bertz CT molecular complexity index is 79.8. The van der Waals surface area contributed by atoms with Crippen molar-refractivity contribution in [3.05, 3.63) is 0 Å². The number of aliphatic hydroxyl groups is 2. The van der Waals surface area contributed by atoms with E-state index in [0.717, 1.165) is 0 Å². The molecular weight excluding hydrogens is 162 g/mol. The van der Waals surface area contributed by atoms with Crippen molar-refractivity contribution in [2.24, 2.45) is 0 Å². The number of aliphatic hydroxyl groups excluding tert-OH is 2. The molecule has 0 aromatic heterocycles. The molecule has 0 aliphatic heterocycles. The largest absolute Gasteiger partial charge is 0.394 e. The first kappa shape index (κ1) is 14.3. The molecule has 0 amide bonds. The molecular formula is C7H19NO4. The highest BCUT2D eigenvalue weighted by molar-refractivity contribution is 4.40. The molecule has 5 N–H and O–H groups in total.